The molecule has 10 nitrogen and oxygen atoms in total. The fraction of sp³-hybridized carbons (Fsp3) is 0.304. The van der Waals surface area contributed by atoms with Gasteiger partial charge in [-0.25, -0.2) is 4.68 Å². The Morgan fingerprint density at radius 3 is 2.27 bits per heavy atom. The molecule has 0 bridgehead atoms. The summed E-state index contributed by atoms with van der Waals surface area (Å²) in [7, 11) is 0. The summed E-state index contributed by atoms with van der Waals surface area (Å²) in [5.41, 5.74) is 2.29. The predicted molar refractivity (Wildman–Crippen MR) is 120 cm³/mol. The second-order valence-corrected chi connectivity index (χ2v) is 9.02. The average molecular weight is 449 g/mol. The monoisotopic (exact) mass is 449 g/mol. The highest BCUT2D eigenvalue weighted by atomic mass is 16.6. The van der Waals surface area contributed by atoms with Crippen LogP contribution in [0.25, 0.3) is 5.69 Å². The quantitative estimate of drug-likeness (QED) is 0.452. The number of nitro benzene ring substituents is 2. The molecule has 10 heteroatoms. The van der Waals surface area contributed by atoms with Gasteiger partial charge >= 0.3 is 0 Å². The van der Waals surface area contributed by atoms with Crippen LogP contribution in [-0.4, -0.2) is 25.5 Å². The first-order valence-corrected chi connectivity index (χ1v) is 10.4. The van der Waals surface area contributed by atoms with Crippen LogP contribution in [0.1, 0.15) is 53.6 Å². The number of amides is 1. The molecule has 1 unspecified atom stereocenters. The Hall–Kier alpha value is -4.08. The lowest BCUT2D eigenvalue weighted by Crippen LogP contribution is -2.37. The molecule has 1 amide bonds. The Bertz CT molecular complexity index is 1230. The molecule has 0 radical (unpaired) electrons. The molecule has 1 atom stereocenters. The van der Waals surface area contributed by atoms with Gasteiger partial charge in [0.2, 0.25) is 0 Å². The van der Waals surface area contributed by atoms with Gasteiger partial charge in [-0.15, -0.1) is 0 Å². The van der Waals surface area contributed by atoms with Crippen LogP contribution >= 0.6 is 0 Å². The van der Waals surface area contributed by atoms with Crippen molar-refractivity contribution in [3.05, 3.63) is 91.3 Å². The van der Waals surface area contributed by atoms with Gasteiger partial charge in [0.15, 0.2) is 0 Å². The number of nitrogens with one attached hydrogen (secondary N) is 1. The number of carbonyl (C=O) groups is 1. The summed E-state index contributed by atoms with van der Waals surface area (Å²) in [6.45, 7) is 6.09. The van der Waals surface area contributed by atoms with Crippen molar-refractivity contribution in [2.75, 3.05) is 0 Å². The van der Waals surface area contributed by atoms with E-state index in [1.807, 2.05) is 41.9 Å². The van der Waals surface area contributed by atoms with Crippen molar-refractivity contribution in [2.24, 2.45) is 5.41 Å². The highest BCUT2D eigenvalue weighted by Gasteiger charge is 2.38. The van der Waals surface area contributed by atoms with E-state index in [2.05, 4.69) is 19.2 Å². The molecule has 1 heterocycles. The van der Waals surface area contributed by atoms with Gasteiger partial charge in [-0.05, 0) is 37.3 Å². The number of hydrogen-bond donors (Lipinski definition) is 1. The van der Waals surface area contributed by atoms with Gasteiger partial charge in [0.25, 0.3) is 17.3 Å². The van der Waals surface area contributed by atoms with Crippen molar-refractivity contribution in [3.63, 3.8) is 0 Å². The topological polar surface area (TPSA) is 133 Å². The lowest BCUT2D eigenvalue weighted by molar-refractivity contribution is -0.394. The van der Waals surface area contributed by atoms with Gasteiger partial charge in [-0.2, -0.15) is 5.10 Å². The molecule has 2 aromatic carbocycles. The van der Waals surface area contributed by atoms with E-state index in [0.29, 0.717) is 6.42 Å². The molecular weight excluding hydrogens is 426 g/mol. The number of para-hydroxylation sites is 1. The molecule has 0 fully saturated rings. The number of non-ortho nitro benzene ring substituents is 2. The maximum Gasteiger partial charge on any atom is 0.277 e. The van der Waals surface area contributed by atoms with Gasteiger partial charge < -0.3 is 5.32 Å². The summed E-state index contributed by atoms with van der Waals surface area (Å²) in [5, 5.41) is 30.1. The Morgan fingerprint density at radius 1 is 1.09 bits per heavy atom. The van der Waals surface area contributed by atoms with Crippen molar-refractivity contribution in [2.45, 2.75) is 39.7 Å². The zero-order valence-corrected chi connectivity index (χ0v) is 18.4. The molecule has 1 aliphatic carbocycles. The summed E-state index contributed by atoms with van der Waals surface area (Å²) in [6.07, 6.45) is 1.39. The molecule has 0 aliphatic heterocycles. The number of nitro groups is 2. The number of aromatic nitrogens is 2. The van der Waals surface area contributed by atoms with Gasteiger partial charge in [0.05, 0.1) is 44.6 Å². The largest absolute Gasteiger partial charge is 0.345 e. The lowest BCUT2D eigenvalue weighted by atomic mass is 9.73. The summed E-state index contributed by atoms with van der Waals surface area (Å²) >= 11 is 0. The zero-order chi connectivity index (χ0) is 23.9. The SMILES string of the molecule is Cc1nn(-c2ccccc2)c2c1C(NC(=O)c1cc([N+](=O)[O-])cc([N+](=O)[O-])c1)CC(C)(C)C2. The van der Waals surface area contributed by atoms with Crippen LogP contribution in [0.2, 0.25) is 0 Å². The minimum atomic E-state index is -0.750. The summed E-state index contributed by atoms with van der Waals surface area (Å²) < 4.78 is 1.89. The number of fused-ring (bicyclic) bond motifs is 1. The van der Waals surface area contributed by atoms with E-state index in [-0.39, 0.29) is 11.0 Å². The Balaban J connectivity index is 1.73. The first-order chi connectivity index (χ1) is 15.6. The average Bonchev–Trinajstić information content (AvgIpc) is 3.08. The second-order valence-electron chi connectivity index (χ2n) is 9.02. The van der Waals surface area contributed by atoms with Crippen molar-refractivity contribution < 1.29 is 14.6 Å². The molecule has 0 saturated carbocycles. The van der Waals surface area contributed by atoms with E-state index in [4.69, 9.17) is 5.10 Å². The Kier molecular flexibility index (Phi) is 5.44. The number of carbonyl (C=O) groups excluding carboxylic acids is 1. The molecule has 1 N–H and O–H groups in total. The fourth-order valence-electron chi connectivity index (χ4n) is 4.48. The highest BCUT2D eigenvalue weighted by molar-refractivity contribution is 5.96. The second kappa shape index (κ2) is 8.12. The normalized spacial score (nSPS) is 16.6. The number of rotatable bonds is 5. The smallest absolute Gasteiger partial charge is 0.277 e. The first-order valence-electron chi connectivity index (χ1n) is 10.4. The highest BCUT2D eigenvalue weighted by Crippen LogP contribution is 2.43. The molecule has 1 aromatic heterocycles. The minimum Gasteiger partial charge on any atom is -0.345 e. The van der Waals surface area contributed by atoms with Gasteiger partial charge in [-0.3, -0.25) is 25.0 Å². The van der Waals surface area contributed by atoms with Crippen LogP contribution in [0.15, 0.2) is 48.5 Å². The number of aryl methyl sites for hydroxylation is 1. The van der Waals surface area contributed by atoms with Crippen LogP contribution in [-0.2, 0) is 6.42 Å². The maximum absolute atomic E-state index is 13.1. The summed E-state index contributed by atoms with van der Waals surface area (Å²) in [5.74, 6) is -0.609. The third kappa shape index (κ3) is 4.32. The van der Waals surface area contributed by atoms with Crippen LogP contribution in [0.4, 0.5) is 11.4 Å². The number of hydrogen-bond acceptors (Lipinski definition) is 6. The van der Waals surface area contributed by atoms with E-state index in [0.717, 1.165) is 47.3 Å². The first kappa shape index (κ1) is 22.1. The van der Waals surface area contributed by atoms with Gasteiger partial charge in [0, 0.05) is 17.7 Å². The predicted octanol–water partition coefficient (Wildman–Crippen LogP) is 4.44. The Labute approximate surface area is 189 Å². The molecule has 4 rings (SSSR count). The van der Waals surface area contributed by atoms with Crippen molar-refractivity contribution in [3.8, 4) is 5.69 Å². The fourth-order valence-corrected chi connectivity index (χ4v) is 4.48. The van der Waals surface area contributed by atoms with Crippen LogP contribution in [0, 0.1) is 32.6 Å². The Morgan fingerprint density at radius 2 is 1.70 bits per heavy atom. The lowest BCUT2D eigenvalue weighted by Gasteiger charge is -2.36. The van der Waals surface area contributed by atoms with E-state index in [9.17, 15) is 25.0 Å². The molecule has 33 heavy (non-hydrogen) atoms. The van der Waals surface area contributed by atoms with Gasteiger partial charge in [-0.1, -0.05) is 32.0 Å². The van der Waals surface area contributed by atoms with Crippen molar-refractivity contribution in [1.29, 1.82) is 0 Å². The number of benzene rings is 2. The summed E-state index contributed by atoms with van der Waals surface area (Å²) in [6, 6.07) is 12.3. The number of nitrogens with zero attached hydrogens (tertiary/aromatic N) is 4. The van der Waals surface area contributed by atoms with E-state index in [1.54, 1.807) is 0 Å². The molecule has 0 spiro atoms. The van der Waals surface area contributed by atoms with E-state index < -0.39 is 33.2 Å². The van der Waals surface area contributed by atoms with Crippen LogP contribution in [0.5, 0.6) is 0 Å². The van der Waals surface area contributed by atoms with Crippen molar-refractivity contribution >= 4 is 17.3 Å². The van der Waals surface area contributed by atoms with Gasteiger partial charge in [0.1, 0.15) is 0 Å². The maximum atomic E-state index is 13.1. The third-order valence-electron chi connectivity index (χ3n) is 5.85. The molecule has 1 aliphatic rings. The van der Waals surface area contributed by atoms with E-state index >= 15 is 0 Å². The molecule has 3 aromatic rings. The molecule has 0 saturated heterocycles. The van der Waals surface area contributed by atoms with Crippen LogP contribution in [0.3, 0.4) is 0 Å². The third-order valence-corrected chi connectivity index (χ3v) is 5.85. The molecule has 170 valence electrons. The minimum absolute atomic E-state index is 0.131. The standard InChI is InChI=1S/C23H23N5O5/c1-14-21-19(24-22(29)15-9-17(27(30)31)11-18(10-15)28(32)33)12-23(2,3)13-20(21)26(25-14)16-7-5-4-6-8-16/h4-11,19H,12-13H2,1-3H3,(H,24,29). The zero-order valence-electron chi connectivity index (χ0n) is 18.4. The summed E-state index contributed by atoms with van der Waals surface area (Å²) in [4.78, 5) is 34.0. The van der Waals surface area contributed by atoms with Crippen molar-refractivity contribution in [1.82, 2.24) is 15.1 Å². The van der Waals surface area contributed by atoms with Crippen LogP contribution < -0.4 is 5.32 Å². The molecular formula is C23H23N5O5. The van der Waals surface area contributed by atoms with E-state index in [1.165, 1.54) is 0 Å².